The summed E-state index contributed by atoms with van der Waals surface area (Å²) in [5, 5.41) is 8.69. The van der Waals surface area contributed by atoms with Gasteiger partial charge in [0.05, 0.1) is 13.2 Å². The third-order valence-electron chi connectivity index (χ3n) is 4.44. The van der Waals surface area contributed by atoms with E-state index in [2.05, 4.69) is 29.0 Å². The lowest BCUT2D eigenvalue weighted by Gasteiger charge is -2.30. The molecule has 1 aliphatic rings. The summed E-state index contributed by atoms with van der Waals surface area (Å²) in [7, 11) is 0. The van der Waals surface area contributed by atoms with Crippen molar-refractivity contribution in [1.82, 2.24) is 15.2 Å². The number of ether oxygens (including phenoxy) is 2. The van der Waals surface area contributed by atoms with Gasteiger partial charge in [0.1, 0.15) is 31.5 Å². The van der Waals surface area contributed by atoms with Crippen LogP contribution >= 0.6 is 23.4 Å². The third kappa shape index (κ3) is 6.38. The highest BCUT2D eigenvalue weighted by atomic mass is 35.5. The monoisotopic (exact) mass is 411 g/mol. The van der Waals surface area contributed by atoms with Crippen molar-refractivity contribution in [2.75, 3.05) is 32.0 Å². The zero-order valence-electron chi connectivity index (χ0n) is 16.1. The van der Waals surface area contributed by atoms with Crippen LogP contribution in [-0.2, 0) is 11.3 Å². The van der Waals surface area contributed by atoms with Gasteiger partial charge < -0.3 is 14.4 Å². The van der Waals surface area contributed by atoms with E-state index in [0.717, 1.165) is 46.9 Å². The SMILES string of the molecule is Cc1cc(OCc2nc(SC[C@@H]3C[NH+](CC(C)C)CCO3)n[nH]2)ccc1Cl. The smallest absolute Gasteiger partial charge is 0.208 e. The molecule has 148 valence electrons. The Morgan fingerprint density at radius 2 is 2.30 bits per heavy atom. The highest BCUT2D eigenvalue weighted by Crippen LogP contribution is 2.22. The number of morpholine rings is 1. The summed E-state index contributed by atoms with van der Waals surface area (Å²) in [6.07, 6.45) is 0.257. The minimum absolute atomic E-state index is 0.257. The summed E-state index contributed by atoms with van der Waals surface area (Å²) in [6, 6.07) is 5.61. The molecule has 0 amide bonds. The third-order valence-corrected chi connectivity index (χ3v) is 5.84. The number of rotatable bonds is 8. The van der Waals surface area contributed by atoms with E-state index in [4.69, 9.17) is 21.1 Å². The molecule has 1 aromatic carbocycles. The molecule has 1 fully saturated rings. The average Bonchev–Trinajstić information content (AvgIpc) is 3.09. The summed E-state index contributed by atoms with van der Waals surface area (Å²) < 4.78 is 11.7. The molecule has 27 heavy (non-hydrogen) atoms. The van der Waals surface area contributed by atoms with Gasteiger partial charge in [-0.2, -0.15) is 0 Å². The first kappa shape index (κ1) is 20.5. The van der Waals surface area contributed by atoms with Crippen LogP contribution in [0.2, 0.25) is 5.02 Å². The second-order valence-corrected chi connectivity index (χ2v) is 8.76. The first-order valence-electron chi connectivity index (χ1n) is 9.38. The zero-order chi connectivity index (χ0) is 19.2. The Kier molecular flexibility index (Phi) is 7.41. The van der Waals surface area contributed by atoms with E-state index in [-0.39, 0.29) is 6.10 Å². The van der Waals surface area contributed by atoms with Gasteiger partial charge in [-0.3, -0.25) is 5.10 Å². The molecular formula is C19H28ClN4O2S+. The van der Waals surface area contributed by atoms with Crippen molar-refractivity contribution in [3.63, 3.8) is 0 Å². The van der Waals surface area contributed by atoms with Gasteiger partial charge in [0.15, 0.2) is 5.82 Å². The molecule has 1 aliphatic heterocycles. The van der Waals surface area contributed by atoms with Crippen LogP contribution in [0.25, 0.3) is 0 Å². The van der Waals surface area contributed by atoms with Crippen LogP contribution in [0.4, 0.5) is 0 Å². The van der Waals surface area contributed by atoms with Crippen molar-refractivity contribution in [2.45, 2.75) is 38.6 Å². The maximum absolute atomic E-state index is 6.03. The molecule has 8 heteroatoms. The highest BCUT2D eigenvalue weighted by Gasteiger charge is 2.24. The molecule has 0 radical (unpaired) electrons. The lowest BCUT2D eigenvalue weighted by Crippen LogP contribution is -3.15. The number of aryl methyl sites for hydroxylation is 1. The van der Waals surface area contributed by atoms with Crippen LogP contribution in [0.5, 0.6) is 5.75 Å². The molecule has 2 atom stereocenters. The number of hydrogen-bond acceptors (Lipinski definition) is 5. The van der Waals surface area contributed by atoms with Gasteiger partial charge >= 0.3 is 0 Å². The van der Waals surface area contributed by atoms with Crippen molar-refractivity contribution < 1.29 is 14.4 Å². The largest absolute Gasteiger partial charge is 0.486 e. The molecule has 2 N–H and O–H groups in total. The number of benzene rings is 1. The van der Waals surface area contributed by atoms with Gasteiger partial charge in [0.2, 0.25) is 5.16 Å². The van der Waals surface area contributed by atoms with E-state index in [0.29, 0.717) is 18.3 Å². The molecule has 0 spiro atoms. The predicted octanol–water partition coefficient (Wildman–Crippen LogP) is 2.38. The minimum atomic E-state index is 0.257. The van der Waals surface area contributed by atoms with Crippen LogP contribution in [0.3, 0.4) is 0 Å². The first-order chi connectivity index (χ1) is 13.0. The first-order valence-corrected chi connectivity index (χ1v) is 10.7. The van der Waals surface area contributed by atoms with Gasteiger partial charge in [-0.1, -0.05) is 37.2 Å². The number of H-pyrrole nitrogens is 1. The fourth-order valence-electron chi connectivity index (χ4n) is 3.16. The molecule has 1 unspecified atom stereocenters. The average molecular weight is 412 g/mol. The van der Waals surface area contributed by atoms with Crippen LogP contribution < -0.4 is 9.64 Å². The fourth-order valence-corrected chi connectivity index (χ4v) is 4.11. The van der Waals surface area contributed by atoms with E-state index in [9.17, 15) is 0 Å². The molecule has 0 saturated carbocycles. The van der Waals surface area contributed by atoms with Crippen LogP contribution in [-0.4, -0.2) is 53.3 Å². The van der Waals surface area contributed by atoms with E-state index in [1.54, 1.807) is 16.7 Å². The van der Waals surface area contributed by atoms with Crippen molar-refractivity contribution in [2.24, 2.45) is 5.92 Å². The quantitative estimate of drug-likeness (QED) is 0.653. The molecule has 2 heterocycles. The van der Waals surface area contributed by atoms with Crippen molar-refractivity contribution in [3.05, 3.63) is 34.6 Å². The highest BCUT2D eigenvalue weighted by molar-refractivity contribution is 7.99. The Balaban J connectivity index is 1.44. The lowest BCUT2D eigenvalue weighted by molar-refractivity contribution is -0.914. The Bertz CT molecular complexity index is 740. The van der Waals surface area contributed by atoms with E-state index in [1.165, 1.54) is 6.54 Å². The van der Waals surface area contributed by atoms with Gasteiger partial charge in [-0.05, 0) is 30.7 Å². The topological polar surface area (TPSA) is 64.5 Å². The van der Waals surface area contributed by atoms with Gasteiger partial charge in [0.25, 0.3) is 0 Å². The number of nitrogens with one attached hydrogen (secondary N) is 2. The van der Waals surface area contributed by atoms with Crippen LogP contribution in [0.1, 0.15) is 25.2 Å². The van der Waals surface area contributed by atoms with Gasteiger partial charge in [0, 0.05) is 16.7 Å². The van der Waals surface area contributed by atoms with E-state index >= 15 is 0 Å². The second kappa shape index (κ2) is 9.78. The van der Waals surface area contributed by atoms with Gasteiger partial charge in [-0.15, -0.1) is 5.10 Å². The maximum atomic E-state index is 6.03. The molecule has 1 saturated heterocycles. The number of halogens is 1. The number of aromatic nitrogens is 3. The summed E-state index contributed by atoms with van der Waals surface area (Å²) in [5.74, 6) is 3.07. The van der Waals surface area contributed by atoms with Crippen LogP contribution in [0.15, 0.2) is 23.4 Å². The Labute approximate surface area is 170 Å². The molecule has 3 rings (SSSR count). The number of nitrogens with zero attached hydrogens (tertiary/aromatic N) is 2. The molecule has 6 nitrogen and oxygen atoms in total. The van der Waals surface area contributed by atoms with E-state index < -0.39 is 0 Å². The Hall–Kier alpha value is -1.28. The lowest BCUT2D eigenvalue weighted by atomic mass is 10.2. The molecule has 2 aromatic rings. The number of hydrogen-bond donors (Lipinski definition) is 2. The maximum Gasteiger partial charge on any atom is 0.208 e. The van der Waals surface area contributed by atoms with Crippen molar-refractivity contribution >= 4 is 23.4 Å². The second-order valence-electron chi connectivity index (χ2n) is 7.37. The fraction of sp³-hybridized carbons (Fsp3) is 0.579. The van der Waals surface area contributed by atoms with Crippen molar-refractivity contribution in [1.29, 1.82) is 0 Å². The Morgan fingerprint density at radius 1 is 1.44 bits per heavy atom. The number of quaternary nitrogens is 1. The number of aromatic amines is 1. The number of thioether (sulfide) groups is 1. The summed E-state index contributed by atoms with van der Waals surface area (Å²) in [6.45, 7) is 11.0. The summed E-state index contributed by atoms with van der Waals surface area (Å²) in [5.41, 5.74) is 0.990. The predicted molar refractivity (Wildman–Crippen MR) is 108 cm³/mol. The molecular weight excluding hydrogens is 384 g/mol. The normalized spacial score (nSPS) is 20.2. The molecule has 1 aromatic heterocycles. The Morgan fingerprint density at radius 3 is 3.07 bits per heavy atom. The molecule has 0 aliphatic carbocycles. The summed E-state index contributed by atoms with van der Waals surface area (Å²) >= 11 is 7.66. The zero-order valence-corrected chi connectivity index (χ0v) is 17.7. The van der Waals surface area contributed by atoms with Crippen LogP contribution in [0, 0.1) is 12.8 Å². The minimum Gasteiger partial charge on any atom is -0.486 e. The molecule has 0 bridgehead atoms. The van der Waals surface area contributed by atoms with Crippen molar-refractivity contribution in [3.8, 4) is 5.75 Å². The van der Waals surface area contributed by atoms with E-state index in [1.807, 2.05) is 25.1 Å². The van der Waals surface area contributed by atoms with Gasteiger partial charge in [-0.25, -0.2) is 4.98 Å². The standard InChI is InChI=1S/C19H27ClN4O2S/c1-13(2)9-24-6-7-25-16(10-24)12-27-19-21-18(22-23-19)11-26-15-4-5-17(20)14(3)8-15/h4-5,8,13,16H,6-7,9-12H2,1-3H3,(H,21,22,23)/p+1/t16-/m0/s1. The summed E-state index contributed by atoms with van der Waals surface area (Å²) in [4.78, 5) is 6.13.